The van der Waals surface area contributed by atoms with Crippen LogP contribution in [0.25, 0.3) is 0 Å². The van der Waals surface area contributed by atoms with Crippen LogP contribution in [0.2, 0.25) is 0 Å². The van der Waals surface area contributed by atoms with Gasteiger partial charge in [0.25, 0.3) is 0 Å². The third-order valence-electron chi connectivity index (χ3n) is 4.36. The van der Waals surface area contributed by atoms with Gasteiger partial charge in [0, 0.05) is 6.04 Å². The molecule has 1 saturated carbocycles. The first kappa shape index (κ1) is 15.3. The second-order valence-electron chi connectivity index (χ2n) is 6.00. The van der Waals surface area contributed by atoms with Crippen molar-refractivity contribution in [3.63, 3.8) is 0 Å². The Hall–Kier alpha value is -1.09. The Bertz CT molecular complexity index is 435. The molecule has 0 heterocycles. The van der Waals surface area contributed by atoms with Crippen LogP contribution in [0, 0.1) is 17.7 Å². The van der Waals surface area contributed by atoms with E-state index in [2.05, 4.69) is 19.2 Å². The average molecular weight is 279 g/mol. The van der Waals surface area contributed by atoms with Crippen molar-refractivity contribution < 1.29 is 9.13 Å². The third kappa shape index (κ3) is 3.51. The molecule has 0 bridgehead atoms. The lowest BCUT2D eigenvalue weighted by Gasteiger charge is -2.26. The number of methoxy groups -OCH3 is 1. The lowest BCUT2D eigenvalue weighted by atomic mass is 9.90. The van der Waals surface area contributed by atoms with Crippen molar-refractivity contribution in [2.75, 3.05) is 13.7 Å². The maximum Gasteiger partial charge on any atom is 0.165 e. The molecule has 0 amide bonds. The zero-order valence-electron chi connectivity index (χ0n) is 12.8. The molecule has 1 aliphatic rings. The molecule has 1 aromatic carbocycles. The zero-order chi connectivity index (χ0) is 14.5. The third-order valence-corrected chi connectivity index (χ3v) is 4.36. The van der Waals surface area contributed by atoms with Crippen molar-refractivity contribution in [1.82, 2.24) is 5.32 Å². The van der Waals surface area contributed by atoms with Crippen molar-refractivity contribution in [2.24, 2.45) is 11.8 Å². The lowest BCUT2D eigenvalue weighted by Crippen LogP contribution is -2.28. The maximum absolute atomic E-state index is 13.9. The lowest BCUT2D eigenvalue weighted by molar-refractivity contribution is 0.354. The van der Waals surface area contributed by atoms with Crippen LogP contribution in [0.5, 0.6) is 5.75 Å². The summed E-state index contributed by atoms with van der Waals surface area (Å²) in [4.78, 5) is 0. The summed E-state index contributed by atoms with van der Waals surface area (Å²) in [6.45, 7) is 5.45. The number of halogens is 1. The van der Waals surface area contributed by atoms with Gasteiger partial charge in [-0.05, 0) is 55.3 Å². The quantitative estimate of drug-likeness (QED) is 0.837. The Morgan fingerprint density at radius 3 is 2.75 bits per heavy atom. The van der Waals surface area contributed by atoms with Crippen LogP contribution in [0.3, 0.4) is 0 Å². The van der Waals surface area contributed by atoms with Crippen LogP contribution < -0.4 is 10.1 Å². The van der Waals surface area contributed by atoms with Gasteiger partial charge < -0.3 is 10.1 Å². The number of rotatable bonds is 6. The van der Waals surface area contributed by atoms with E-state index in [1.807, 2.05) is 6.07 Å². The van der Waals surface area contributed by atoms with Crippen molar-refractivity contribution in [3.05, 3.63) is 29.6 Å². The number of hydrogen-bond acceptors (Lipinski definition) is 2. The van der Waals surface area contributed by atoms with Gasteiger partial charge in [0.2, 0.25) is 0 Å². The summed E-state index contributed by atoms with van der Waals surface area (Å²) >= 11 is 0. The molecule has 0 radical (unpaired) electrons. The summed E-state index contributed by atoms with van der Waals surface area (Å²) in [5.74, 6) is 1.46. The van der Waals surface area contributed by atoms with Crippen molar-refractivity contribution >= 4 is 0 Å². The van der Waals surface area contributed by atoms with Crippen molar-refractivity contribution in [3.8, 4) is 5.75 Å². The van der Waals surface area contributed by atoms with E-state index < -0.39 is 0 Å². The Kier molecular flexibility index (Phi) is 5.41. The first-order valence-electron chi connectivity index (χ1n) is 7.72. The van der Waals surface area contributed by atoms with Gasteiger partial charge in [-0.1, -0.05) is 26.3 Å². The Morgan fingerprint density at radius 1 is 1.40 bits per heavy atom. The van der Waals surface area contributed by atoms with Crippen LogP contribution in [0.1, 0.15) is 51.1 Å². The van der Waals surface area contributed by atoms with E-state index >= 15 is 0 Å². The summed E-state index contributed by atoms with van der Waals surface area (Å²) in [6, 6.07) is 5.64. The molecule has 2 rings (SSSR count). The number of hydrogen-bond donors (Lipinski definition) is 1. The summed E-state index contributed by atoms with van der Waals surface area (Å²) in [5, 5.41) is 3.61. The minimum Gasteiger partial charge on any atom is -0.494 e. The number of benzene rings is 1. The molecule has 1 N–H and O–H groups in total. The van der Waals surface area contributed by atoms with E-state index in [1.165, 1.54) is 26.4 Å². The van der Waals surface area contributed by atoms with E-state index in [-0.39, 0.29) is 11.9 Å². The molecule has 2 nitrogen and oxygen atoms in total. The summed E-state index contributed by atoms with van der Waals surface area (Å²) in [7, 11) is 1.50. The van der Waals surface area contributed by atoms with Gasteiger partial charge in [-0.25, -0.2) is 4.39 Å². The monoisotopic (exact) mass is 279 g/mol. The molecular weight excluding hydrogens is 253 g/mol. The van der Waals surface area contributed by atoms with E-state index in [0.717, 1.165) is 24.4 Å². The van der Waals surface area contributed by atoms with E-state index in [1.54, 1.807) is 12.1 Å². The maximum atomic E-state index is 13.9. The second-order valence-corrected chi connectivity index (χ2v) is 6.00. The fourth-order valence-corrected chi connectivity index (χ4v) is 3.29. The van der Waals surface area contributed by atoms with Gasteiger partial charge in [0.05, 0.1) is 7.11 Å². The van der Waals surface area contributed by atoms with Gasteiger partial charge in [-0.2, -0.15) is 0 Å². The molecule has 0 spiro atoms. The highest BCUT2D eigenvalue weighted by atomic mass is 19.1. The summed E-state index contributed by atoms with van der Waals surface area (Å²) in [5.41, 5.74) is 1.05. The second kappa shape index (κ2) is 7.07. The Morgan fingerprint density at radius 2 is 2.20 bits per heavy atom. The number of ether oxygens (including phenoxy) is 1. The average Bonchev–Trinajstić information content (AvgIpc) is 2.86. The molecule has 3 heteroatoms. The summed E-state index contributed by atoms with van der Waals surface area (Å²) < 4.78 is 19.0. The topological polar surface area (TPSA) is 21.3 Å². The van der Waals surface area contributed by atoms with Crippen LogP contribution in [0.4, 0.5) is 4.39 Å². The van der Waals surface area contributed by atoms with Gasteiger partial charge in [-0.15, -0.1) is 0 Å². The molecule has 1 aliphatic carbocycles. The predicted octanol–water partition coefficient (Wildman–Crippen LogP) is 4.31. The van der Waals surface area contributed by atoms with Crippen LogP contribution in [0.15, 0.2) is 18.2 Å². The smallest absolute Gasteiger partial charge is 0.165 e. The van der Waals surface area contributed by atoms with Gasteiger partial charge in [-0.3, -0.25) is 0 Å². The molecule has 0 saturated heterocycles. The van der Waals surface area contributed by atoms with Crippen molar-refractivity contribution in [1.29, 1.82) is 0 Å². The van der Waals surface area contributed by atoms with Crippen LogP contribution in [-0.2, 0) is 0 Å². The summed E-state index contributed by atoms with van der Waals surface area (Å²) in [6.07, 6.45) is 4.84. The van der Waals surface area contributed by atoms with Gasteiger partial charge in [0.1, 0.15) is 0 Å². The molecule has 112 valence electrons. The molecule has 1 aromatic rings. The molecule has 3 unspecified atom stereocenters. The van der Waals surface area contributed by atoms with E-state index in [0.29, 0.717) is 11.7 Å². The SMILES string of the molecule is CCCNC(c1ccc(OC)c(F)c1)C1CCC(C)C1. The van der Waals surface area contributed by atoms with Gasteiger partial charge in [0.15, 0.2) is 11.6 Å². The van der Waals surface area contributed by atoms with Crippen LogP contribution in [-0.4, -0.2) is 13.7 Å². The van der Waals surface area contributed by atoms with E-state index in [9.17, 15) is 4.39 Å². The molecular formula is C17H26FNO. The fraction of sp³-hybridized carbons (Fsp3) is 0.647. The highest BCUT2D eigenvalue weighted by Crippen LogP contribution is 2.39. The Labute approximate surface area is 121 Å². The van der Waals surface area contributed by atoms with Gasteiger partial charge >= 0.3 is 0 Å². The zero-order valence-corrected chi connectivity index (χ0v) is 12.8. The predicted molar refractivity (Wildman–Crippen MR) is 80.5 cm³/mol. The minimum absolute atomic E-state index is 0.264. The largest absolute Gasteiger partial charge is 0.494 e. The highest BCUT2D eigenvalue weighted by molar-refractivity contribution is 5.31. The Balaban J connectivity index is 2.19. The van der Waals surface area contributed by atoms with Crippen molar-refractivity contribution in [2.45, 2.75) is 45.6 Å². The highest BCUT2D eigenvalue weighted by Gasteiger charge is 2.29. The minimum atomic E-state index is -0.264. The molecule has 3 atom stereocenters. The fourth-order valence-electron chi connectivity index (χ4n) is 3.29. The van der Waals surface area contributed by atoms with Crippen LogP contribution >= 0.6 is 0 Å². The standard InChI is InChI=1S/C17H26FNO/c1-4-9-19-17(13-6-5-12(2)10-13)14-7-8-16(20-3)15(18)11-14/h7-8,11-13,17,19H,4-6,9-10H2,1-3H3. The normalized spacial score (nSPS) is 23.8. The molecule has 1 fully saturated rings. The number of nitrogens with one attached hydrogen (secondary N) is 1. The molecule has 20 heavy (non-hydrogen) atoms. The first-order chi connectivity index (χ1) is 9.65. The van der Waals surface area contributed by atoms with E-state index in [4.69, 9.17) is 4.74 Å². The molecule has 0 aromatic heterocycles. The molecule has 0 aliphatic heterocycles. The first-order valence-corrected chi connectivity index (χ1v) is 7.72.